The first-order valence-electron chi connectivity index (χ1n) is 9.86. The number of nitrogens with one attached hydrogen (secondary N) is 1. The molecule has 1 N–H and O–H groups in total. The van der Waals surface area contributed by atoms with Gasteiger partial charge in [0.05, 0.1) is 5.69 Å². The van der Waals surface area contributed by atoms with Gasteiger partial charge in [0.25, 0.3) is 0 Å². The summed E-state index contributed by atoms with van der Waals surface area (Å²) in [7, 11) is 0. The van der Waals surface area contributed by atoms with E-state index in [-0.39, 0.29) is 24.0 Å². The molecule has 1 aliphatic heterocycles. The quantitative estimate of drug-likeness (QED) is 0.378. The second kappa shape index (κ2) is 11.4. The van der Waals surface area contributed by atoms with Crippen molar-refractivity contribution in [3.8, 4) is 0 Å². The topological polar surface area (TPSA) is 56.9 Å². The van der Waals surface area contributed by atoms with Crippen LogP contribution in [0.5, 0.6) is 0 Å². The summed E-state index contributed by atoms with van der Waals surface area (Å²) in [6.45, 7) is 13.0. The number of hydrogen-bond donors (Lipinski definition) is 1. The van der Waals surface area contributed by atoms with Crippen molar-refractivity contribution in [2.75, 3.05) is 39.3 Å². The van der Waals surface area contributed by atoms with E-state index in [9.17, 15) is 0 Å². The first-order valence-corrected chi connectivity index (χ1v) is 9.86. The number of aromatic nitrogens is 1. The molecule has 3 rings (SSSR count). The first kappa shape index (κ1) is 22.7. The second-order valence-corrected chi connectivity index (χ2v) is 7.24. The van der Waals surface area contributed by atoms with Crippen LogP contribution in [0.3, 0.4) is 0 Å². The van der Waals surface area contributed by atoms with Crippen LogP contribution in [0, 0.1) is 13.8 Å². The highest BCUT2D eigenvalue weighted by molar-refractivity contribution is 14.0. The van der Waals surface area contributed by atoms with Crippen LogP contribution in [-0.4, -0.2) is 60.2 Å². The summed E-state index contributed by atoms with van der Waals surface area (Å²) < 4.78 is 4.93. The summed E-state index contributed by atoms with van der Waals surface area (Å²) in [6, 6.07) is 8.68. The highest BCUT2D eigenvalue weighted by atomic mass is 127. The molecule has 1 aromatic heterocycles. The van der Waals surface area contributed by atoms with Crippen molar-refractivity contribution < 1.29 is 4.52 Å². The van der Waals surface area contributed by atoms with Crippen LogP contribution in [-0.2, 0) is 13.0 Å². The average molecular weight is 497 g/mol. The molecule has 0 spiro atoms. The molecule has 0 saturated carbocycles. The van der Waals surface area contributed by atoms with E-state index in [1.54, 1.807) is 6.26 Å². The van der Waals surface area contributed by atoms with Crippen molar-refractivity contribution in [1.29, 1.82) is 0 Å². The molecule has 2 heterocycles. The van der Waals surface area contributed by atoms with Crippen LogP contribution in [0.1, 0.15) is 29.3 Å². The Bertz CT molecular complexity index is 719. The molecule has 1 aromatic carbocycles. The summed E-state index contributed by atoms with van der Waals surface area (Å²) in [6.07, 6.45) is 2.61. The number of hydrogen-bond acceptors (Lipinski definition) is 4. The molecule has 154 valence electrons. The first-order chi connectivity index (χ1) is 13.1. The molecule has 1 fully saturated rings. The molecule has 0 amide bonds. The van der Waals surface area contributed by atoms with E-state index >= 15 is 0 Å². The number of piperazine rings is 1. The van der Waals surface area contributed by atoms with Gasteiger partial charge < -0.3 is 14.7 Å². The maximum atomic E-state index is 4.93. The van der Waals surface area contributed by atoms with E-state index in [1.807, 2.05) is 6.07 Å². The van der Waals surface area contributed by atoms with Gasteiger partial charge in [-0.3, -0.25) is 9.89 Å². The summed E-state index contributed by atoms with van der Waals surface area (Å²) in [4.78, 5) is 9.65. The molecular weight excluding hydrogens is 465 g/mol. The summed E-state index contributed by atoms with van der Waals surface area (Å²) in [5, 5.41) is 7.46. The summed E-state index contributed by atoms with van der Waals surface area (Å²) in [5.74, 6) is 1.03. The Morgan fingerprint density at radius 3 is 2.46 bits per heavy atom. The van der Waals surface area contributed by atoms with Gasteiger partial charge in [-0.25, -0.2) is 0 Å². The minimum Gasteiger partial charge on any atom is -0.364 e. The van der Waals surface area contributed by atoms with E-state index in [0.29, 0.717) is 0 Å². The van der Waals surface area contributed by atoms with E-state index < -0.39 is 0 Å². The predicted molar refractivity (Wildman–Crippen MR) is 124 cm³/mol. The summed E-state index contributed by atoms with van der Waals surface area (Å²) >= 11 is 0. The molecule has 7 heteroatoms. The third kappa shape index (κ3) is 6.77. The molecule has 28 heavy (non-hydrogen) atoms. The van der Waals surface area contributed by atoms with E-state index in [1.165, 1.54) is 16.7 Å². The zero-order valence-corrected chi connectivity index (χ0v) is 19.5. The fourth-order valence-electron chi connectivity index (χ4n) is 3.60. The Morgan fingerprint density at radius 1 is 1.14 bits per heavy atom. The number of rotatable bonds is 6. The van der Waals surface area contributed by atoms with Crippen LogP contribution >= 0.6 is 24.0 Å². The van der Waals surface area contributed by atoms with E-state index in [4.69, 9.17) is 9.52 Å². The third-order valence-corrected chi connectivity index (χ3v) is 4.83. The molecule has 0 unspecified atom stereocenters. The lowest BCUT2D eigenvalue weighted by Gasteiger charge is -2.36. The lowest BCUT2D eigenvalue weighted by Crippen LogP contribution is -2.52. The van der Waals surface area contributed by atoms with Crippen LogP contribution in [0.2, 0.25) is 0 Å². The minimum atomic E-state index is 0. The van der Waals surface area contributed by atoms with Crippen molar-refractivity contribution in [1.82, 2.24) is 20.3 Å². The van der Waals surface area contributed by atoms with Gasteiger partial charge in [0.2, 0.25) is 0 Å². The zero-order chi connectivity index (χ0) is 19.1. The van der Waals surface area contributed by atoms with Gasteiger partial charge in [0, 0.05) is 51.9 Å². The highest BCUT2D eigenvalue weighted by Gasteiger charge is 2.20. The highest BCUT2D eigenvalue weighted by Crippen LogP contribution is 2.10. The van der Waals surface area contributed by atoms with Gasteiger partial charge in [-0.1, -0.05) is 34.5 Å². The normalized spacial score (nSPS) is 15.4. The fraction of sp³-hybridized carbons (Fsp3) is 0.524. The lowest BCUT2D eigenvalue weighted by molar-refractivity contribution is 0.169. The minimum absolute atomic E-state index is 0. The van der Waals surface area contributed by atoms with Crippen molar-refractivity contribution >= 4 is 29.9 Å². The Balaban J connectivity index is 0.00000280. The number of nitrogens with zero attached hydrogens (tertiary/aromatic N) is 4. The van der Waals surface area contributed by atoms with Crippen LogP contribution in [0.4, 0.5) is 0 Å². The van der Waals surface area contributed by atoms with Crippen molar-refractivity contribution in [3.05, 3.63) is 52.9 Å². The van der Waals surface area contributed by atoms with E-state index in [2.05, 4.69) is 59.2 Å². The average Bonchev–Trinajstić information content (AvgIpc) is 3.14. The SMILES string of the molecule is CCNC(=NCCc1cc(C)cc(C)c1)N1CCN(Cc2ccon2)CC1.I. The Labute approximate surface area is 185 Å². The molecule has 2 aromatic rings. The molecule has 1 aliphatic rings. The summed E-state index contributed by atoms with van der Waals surface area (Å²) in [5.41, 5.74) is 5.01. The van der Waals surface area contributed by atoms with Crippen molar-refractivity contribution in [2.24, 2.45) is 4.99 Å². The standard InChI is InChI=1S/C21H31N5O.HI/c1-4-22-21(23-7-5-19-14-17(2)13-18(3)15-19)26-10-8-25(9-11-26)16-20-6-12-27-24-20;/h6,12-15H,4-5,7-11,16H2,1-3H3,(H,22,23);1H. The number of aryl methyl sites for hydroxylation is 2. The lowest BCUT2D eigenvalue weighted by atomic mass is 10.1. The molecule has 1 saturated heterocycles. The fourth-order valence-corrected chi connectivity index (χ4v) is 3.60. The molecule has 6 nitrogen and oxygen atoms in total. The van der Waals surface area contributed by atoms with Gasteiger partial charge >= 0.3 is 0 Å². The zero-order valence-electron chi connectivity index (χ0n) is 17.1. The van der Waals surface area contributed by atoms with Crippen molar-refractivity contribution in [3.63, 3.8) is 0 Å². The van der Waals surface area contributed by atoms with Gasteiger partial charge in [-0.15, -0.1) is 24.0 Å². The Morgan fingerprint density at radius 2 is 1.86 bits per heavy atom. The number of aliphatic imine (C=N–C) groups is 1. The van der Waals surface area contributed by atoms with E-state index in [0.717, 1.165) is 63.9 Å². The second-order valence-electron chi connectivity index (χ2n) is 7.24. The maximum Gasteiger partial charge on any atom is 0.194 e. The van der Waals surface area contributed by atoms with Crippen LogP contribution in [0.25, 0.3) is 0 Å². The predicted octanol–water partition coefficient (Wildman–Crippen LogP) is 3.24. The van der Waals surface area contributed by atoms with Gasteiger partial charge in [-0.05, 0) is 32.8 Å². The van der Waals surface area contributed by atoms with Crippen LogP contribution < -0.4 is 5.32 Å². The molecular formula is C21H32IN5O. The molecule has 0 bridgehead atoms. The molecule has 0 aliphatic carbocycles. The number of guanidine groups is 1. The van der Waals surface area contributed by atoms with Crippen molar-refractivity contribution in [2.45, 2.75) is 33.7 Å². The Hall–Kier alpha value is -1.61. The third-order valence-electron chi connectivity index (χ3n) is 4.83. The number of benzene rings is 1. The Kier molecular flexibility index (Phi) is 9.24. The monoisotopic (exact) mass is 497 g/mol. The number of halogens is 1. The molecule has 0 atom stereocenters. The smallest absolute Gasteiger partial charge is 0.194 e. The molecule has 0 radical (unpaired) electrons. The maximum absolute atomic E-state index is 4.93. The van der Waals surface area contributed by atoms with Gasteiger partial charge in [-0.2, -0.15) is 0 Å². The van der Waals surface area contributed by atoms with Gasteiger partial charge in [0.15, 0.2) is 5.96 Å². The largest absolute Gasteiger partial charge is 0.364 e. The van der Waals surface area contributed by atoms with Gasteiger partial charge in [0.1, 0.15) is 6.26 Å². The van der Waals surface area contributed by atoms with Crippen LogP contribution in [0.15, 0.2) is 40.0 Å².